The average Bonchev–Trinajstić information content (AvgIpc) is 2.69. The highest BCUT2D eigenvalue weighted by atomic mass is 16.5. The predicted octanol–water partition coefficient (Wildman–Crippen LogP) is 3.06. The molecule has 0 bridgehead atoms. The summed E-state index contributed by atoms with van der Waals surface area (Å²) in [6.07, 6.45) is 2.19. The molecular weight excluding hydrogens is 252 g/mol. The summed E-state index contributed by atoms with van der Waals surface area (Å²) in [5, 5.41) is 9.55. The van der Waals surface area contributed by atoms with Crippen LogP contribution in [0.4, 0.5) is 11.5 Å². The smallest absolute Gasteiger partial charge is 0.142 e. The number of benzene rings is 1. The molecule has 0 spiro atoms. The van der Waals surface area contributed by atoms with E-state index in [9.17, 15) is 5.11 Å². The summed E-state index contributed by atoms with van der Waals surface area (Å²) in [6.45, 7) is 3.34. The first-order valence-electron chi connectivity index (χ1n) is 6.89. The van der Waals surface area contributed by atoms with Gasteiger partial charge >= 0.3 is 0 Å². The Morgan fingerprint density at radius 1 is 1.25 bits per heavy atom. The molecule has 0 aliphatic carbocycles. The van der Waals surface area contributed by atoms with E-state index in [4.69, 9.17) is 4.74 Å². The van der Waals surface area contributed by atoms with Crippen molar-refractivity contribution in [1.29, 1.82) is 0 Å². The second-order valence-corrected chi connectivity index (χ2v) is 4.95. The molecule has 2 heterocycles. The fourth-order valence-electron chi connectivity index (χ4n) is 2.37. The van der Waals surface area contributed by atoms with Gasteiger partial charge in [-0.25, -0.2) is 4.98 Å². The summed E-state index contributed by atoms with van der Waals surface area (Å²) in [5.74, 6) is 1.78. The van der Waals surface area contributed by atoms with Crippen molar-refractivity contribution in [3.8, 4) is 5.75 Å². The molecule has 104 valence electrons. The number of hydrogen-bond acceptors (Lipinski definition) is 4. The van der Waals surface area contributed by atoms with Crippen LogP contribution in [0.1, 0.15) is 25.0 Å². The first kappa shape index (κ1) is 12.9. The molecule has 2 aromatic rings. The van der Waals surface area contributed by atoms with Crippen molar-refractivity contribution in [1.82, 2.24) is 4.98 Å². The number of aliphatic hydroxyl groups excluding tert-OH is 1. The van der Waals surface area contributed by atoms with E-state index in [0.29, 0.717) is 0 Å². The lowest BCUT2D eigenvalue weighted by Crippen LogP contribution is -2.18. The molecule has 0 saturated heterocycles. The van der Waals surface area contributed by atoms with Crippen LogP contribution in [-0.4, -0.2) is 23.2 Å². The Kier molecular flexibility index (Phi) is 3.56. The number of aliphatic hydroxyl groups is 1. The topological polar surface area (TPSA) is 45.6 Å². The molecule has 1 aromatic carbocycles. The van der Waals surface area contributed by atoms with Crippen molar-refractivity contribution >= 4 is 11.5 Å². The van der Waals surface area contributed by atoms with Crippen LogP contribution < -0.4 is 9.64 Å². The first-order valence-corrected chi connectivity index (χ1v) is 6.89. The van der Waals surface area contributed by atoms with E-state index >= 15 is 0 Å². The van der Waals surface area contributed by atoms with Gasteiger partial charge in [0.2, 0.25) is 0 Å². The lowest BCUT2D eigenvalue weighted by atomic mass is 10.2. The maximum Gasteiger partial charge on any atom is 0.142 e. The number of hydrogen-bond donors (Lipinski definition) is 1. The summed E-state index contributed by atoms with van der Waals surface area (Å²) in [5.41, 5.74) is 1.87. The molecule has 0 amide bonds. The molecule has 0 fully saturated rings. The third-order valence-corrected chi connectivity index (χ3v) is 3.47. The van der Waals surface area contributed by atoms with Gasteiger partial charge in [-0.3, -0.25) is 0 Å². The number of aromatic nitrogens is 1. The number of anilines is 2. The number of rotatable bonds is 2. The van der Waals surface area contributed by atoms with Crippen molar-refractivity contribution in [3.63, 3.8) is 0 Å². The zero-order valence-electron chi connectivity index (χ0n) is 11.5. The van der Waals surface area contributed by atoms with Gasteiger partial charge in [-0.15, -0.1) is 0 Å². The largest absolute Gasteiger partial charge is 0.491 e. The van der Waals surface area contributed by atoms with Crippen molar-refractivity contribution in [3.05, 3.63) is 48.2 Å². The van der Waals surface area contributed by atoms with Crippen LogP contribution in [-0.2, 0) is 0 Å². The molecule has 0 saturated carbocycles. The van der Waals surface area contributed by atoms with Gasteiger partial charge in [-0.1, -0.05) is 18.2 Å². The summed E-state index contributed by atoms with van der Waals surface area (Å²) < 4.78 is 5.75. The molecule has 1 atom stereocenters. The molecule has 1 aromatic heterocycles. The zero-order valence-corrected chi connectivity index (χ0v) is 11.5. The number of fused-ring (bicyclic) bond motifs is 1. The van der Waals surface area contributed by atoms with Crippen LogP contribution >= 0.6 is 0 Å². The Balaban J connectivity index is 1.97. The third-order valence-electron chi connectivity index (χ3n) is 3.47. The zero-order chi connectivity index (χ0) is 13.9. The summed E-state index contributed by atoms with van der Waals surface area (Å²) in [4.78, 5) is 6.64. The Hall–Kier alpha value is -2.07. The molecule has 0 radical (unpaired) electrons. The van der Waals surface area contributed by atoms with Crippen LogP contribution in [0.5, 0.6) is 5.75 Å². The minimum absolute atomic E-state index is 0.490. The monoisotopic (exact) mass is 270 g/mol. The number of nitrogens with zero attached hydrogens (tertiary/aromatic N) is 2. The maximum atomic E-state index is 9.55. The maximum absolute atomic E-state index is 9.55. The Morgan fingerprint density at radius 3 is 2.85 bits per heavy atom. The number of pyridine rings is 1. The molecule has 4 heteroatoms. The highest BCUT2D eigenvalue weighted by molar-refractivity contribution is 5.67. The summed E-state index contributed by atoms with van der Waals surface area (Å²) in [6, 6.07) is 11.9. The van der Waals surface area contributed by atoms with E-state index in [1.54, 1.807) is 13.1 Å². The fourth-order valence-corrected chi connectivity index (χ4v) is 2.37. The minimum Gasteiger partial charge on any atom is -0.491 e. The average molecular weight is 270 g/mol. The van der Waals surface area contributed by atoms with Gasteiger partial charge in [0, 0.05) is 12.7 Å². The molecular formula is C16H18N2O2. The second-order valence-electron chi connectivity index (χ2n) is 4.95. The van der Waals surface area contributed by atoms with Crippen LogP contribution in [0.3, 0.4) is 0 Å². The van der Waals surface area contributed by atoms with E-state index in [-0.39, 0.29) is 0 Å². The number of para-hydroxylation sites is 2. The van der Waals surface area contributed by atoms with Gasteiger partial charge in [-0.2, -0.15) is 0 Å². The third kappa shape index (κ3) is 2.47. The molecule has 1 unspecified atom stereocenters. The lowest BCUT2D eigenvalue weighted by Gasteiger charge is -2.23. The summed E-state index contributed by atoms with van der Waals surface area (Å²) >= 11 is 0. The van der Waals surface area contributed by atoms with Gasteiger partial charge in [0.15, 0.2) is 0 Å². The van der Waals surface area contributed by atoms with Gasteiger partial charge in [0.05, 0.1) is 18.4 Å². The lowest BCUT2D eigenvalue weighted by molar-refractivity contribution is 0.199. The Morgan fingerprint density at radius 2 is 2.10 bits per heavy atom. The van der Waals surface area contributed by atoms with E-state index in [1.165, 1.54) is 0 Å². The van der Waals surface area contributed by atoms with Crippen LogP contribution in [0.25, 0.3) is 0 Å². The summed E-state index contributed by atoms with van der Waals surface area (Å²) in [7, 11) is 0. The van der Waals surface area contributed by atoms with E-state index in [1.807, 2.05) is 36.4 Å². The second kappa shape index (κ2) is 5.51. The van der Waals surface area contributed by atoms with Crippen molar-refractivity contribution in [2.45, 2.75) is 19.4 Å². The quantitative estimate of drug-likeness (QED) is 0.911. The molecule has 20 heavy (non-hydrogen) atoms. The molecule has 1 aliphatic rings. The predicted molar refractivity (Wildman–Crippen MR) is 78.4 cm³/mol. The highest BCUT2D eigenvalue weighted by Crippen LogP contribution is 2.34. The molecule has 4 nitrogen and oxygen atoms in total. The van der Waals surface area contributed by atoms with Gasteiger partial charge in [-0.05, 0) is 37.1 Å². The first-order chi connectivity index (χ1) is 9.75. The van der Waals surface area contributed by atoms with Gasteiger partial charge in [0.1, 0.15) is 11.6 Å². The molecule has 1 N–H and O–H groups in total. The van der Waals surface area contributed by atoms with E-state index < -0.39 is 6.10 Å². The van der Waals surface area contributed by atoms with Crippen LogP contribution in [0.15, 0.2) is 42.6 Å². The highest BCUT2D eigenvalue weighted by Gasteiger charge is 2.18. The Labute approximate surface area is 118 Å². The SMILES string of the molecule is CC(O)c1ccc(N2CCCOc3ccccc32)nc1. The van der Waals surface area contributed by atoms with E-state index in [0.717, 1.165) is 42.4 Å². The standard InChI is InChI=1S/C16H18N2O2/c1-12(19)13-7-8-16(17-11-13)18-9-4-10-20-15-6-3-2-5-14(15)18/h2-3,5-8,11-12,19H,4,9-10H2,1H3. The van der Waals surface area contributed by atoms with Crippen molar-refractivity contribution in [2.24, 2.45) is 0 Å². The van der Waals surface area contributed by atoms with E-state index in [2.05, 4.69) is 9.88 Å². The van der Waals surface area contributed by atoms with Crippen LogP contribution in [0, 0.1) is 0 Å². The van der Waals surface area contributed by atoms with Crippen molar-refractivity contribution in [2.75, 3.05) is 18.1 Å². The minimum atomic E-state index is -0.490. The van der Waals surface area contributed by atoms with Gasteiger partial charge < -0.3 is 14.7 Å². The van der Waals surface area contributed by atoms with Crippen LogP contribution in [0.2, 0.25) is 0 Å². The fraction of sp³-hybridized carbons (Fsp3) is 0.312. The normalized spacial score (nSPS) is 16.0. The molecule has 3 rings (SSSR count). The van der Waals surface area contributed by atoms with Gasteiger partial charge in [0.25, 0.3) is 0 Å². The Bertz CT molecular complexity index is 581. The number of ether oxygens (including phenoxy) is 1. The van der Waals surface area contributed by atoms with Crippen molar-refractivity contribution < 1.29 is 9.84 Å². The molecule has 1 aliphatic heterocycles.